The molecule has 1 aromatic carbocycles. The third kappa shape index (κ3) is 6.89. The number of amides is 2. The SMILES string of the molecule is O=C(CSc1nnc(Nc2ccc(OC(F)(F)F)cc2)s1)NNC(=O)c1cccs1. The first-order valence-electron chi connectivity index (χ1n) is 8.00. The number of thiophene rings is 1. The molecule has 2 aromatic heterocycles. The molecule has 0 saturated heterocycles. The Kier molecular flexibility index (Phi) is 7.12. The molecule has 0 fully saturated rings. The predicted octanol–water partition coefficient (Wildman–Crippen LogP) is 3.80. The van der Waals surface area contributed by atoms with E-state index >= 15 is 0 Å². The van der Waals surface area contributed by atoms with Crippen molar-refractivity contribution in [1.82, 2.24) is 21.0 Å². The maximum Gasteiger partial charge on any atom is 0.573 e. The molecule has 0 spiro atoms. The average Bonchev–Trinajstić information content (AvgIpc) is 3.37. The molecule has 0 radical (unpaired) electrons. The summed E-state index contributed by atoms with van der Waals surface area (Å²) in [5.41, 5.74) is 5.11. The highest BCUT2D eigenvalue weighted by molar-refractivity contribution is 8.01. The summed E-state index contributed by atoms with van der Waals surface area (Å²) in [6.07, 6.45) is -4.75. The van der Waals surface area contributed by atoms with Crippen LogP contribution in [0.5, 0.6) is 5.75 Å². The van der Waals surface area contributed by atoms with Crippen molar-refractivity contribution in [2.75, 3.05) is 11.1 Å². The normalized spacial score (nSPS) is 11.0. The van der Waals surface area contributed by atoms with Gasteiger partial charge in [-0.25, -0.2) is 0 Å². The number of thioether (sulfide) groups is 1. The minimum Gasteiger partial charge on any atom is -0.406 e. The Bertz CT molecular complexity index is 994. The van der Waals surface area contributed by atoms with Crippen molar-refractivity contribution in [3.8, 4) is 5.75 Å². The van der Waals surface area contributed by atoms with E-state index in [-0.39, 0.29) is 11.5 Å². The topological polar surface area (TPSA) is 105 Å². The molecule has 3 aromatic rings. The van der Waals surface area contributed by atoms with E-state index in [1.807, 2.05) is 0 Å². The zero-order valence-electron chi connectivity index (χ0n) is 14.7. The van der Waals surface area contributed by atoms with Gasteiger partial charge in [0.25, 0.3) is 5.91 Å². The van der Waals surface area contributed by atoms with E-state index < -0.39 is 18.2 Å². The van der Waals surface area contributed by atoms with Gasteiger partial charge in [0.05, 0.1) is 10.6 Å². The Labute approximate surface area is 179 Å². The molecule has 0 atom stereocenters. The molecule has 0 aliphatic rings. The molecule has 2 amide bonds. The lowest BCUT2D eigenvalue weighted by Gasteiger charge is -2.09. The number of carbonyl (C=O) groups excluding carboxylic acids is 2. The largest absolute Gasteiger partial charge is 0.573 e. The summed E-state index contributed by atoms with van der Waals surface area (Å²) in [5.74, 6) is -1.16. The van der Waals surface area contributed by atoms with Gasteiger partial charge in [-0.2, -0.15) is 0 Å². The van der Waals surface area contributed by atoms with Gasteiger partial charge in [0.15, 0.2) is 4.34 Å². The molecule has 0 saturated carbocycles. The van der Waals surface area contributed by atoms with Gasteiger partial charge in [0, 0.05) is 5.69 Å². The molecule has 8 nitrogen and oxygen atoms in total. The average molecular weight is 475 g/mol. The third-order valence-corrected chi connectivity index (χ3v) is 5.97. The number of halogens is 3. The third-order valence-electron chi connectivity index (χ3n) is 3.13. The highest BCUT2D eigenvalue weighted by Crippen LogP contribution is 2.29. The standard InChI is InChI=1S/C16H12F3N5O3S3/c17-16(18,19)27-10-5-3-9(4-6-10)20-14-23-24-15(30-14)29-8-12(25)21-22-13(26)11-2-1-7-28-11/h1-7H,8H2,(H,20,23)(H,21,25)(H,22,26). The second-order valence-corrected chi connectivity index (χ2v) is 8.49. The van der Waals surface area contributed by atoms with Crippen molar-refractivity contribution in [3.63, 3.8) is 0 Å². The van der Waals surface area contributed by atoms with Gasteiger partial charge in [-0.15, -0.1) is 34.7 Å². The molecule has 0 bridgehead atoms. The van der Waals surface area contributed by atoms with Crippen LogP contribution in [-0.2, 0) is 4.79 Å². The summed E-state index contributed by atoms with van der Waals surface area (Å²) in [5, 5.41) is 12.9. The molecule has 2 heterocycles. The lowest BCUT2D eigenvalue weighted by atomic mass is 10.3. The van der Waals surface area contributed by atoms with Gasteiger partial charge < -0.3 is 10.1 Å². The van der Waals surface area contributed by atoms with Crippen LogP contribution in [0, 0.1) is 0 Å². The Morgan fingerprint density at radius 3 is 2.53 bits per heavy atom. The van der Waals surface area contributed by atoms with Crippen LogP contribution in [0.25, 0.3) is 0 Å². The quantitative estimate of drug-likeness (QED) is 0.353. The van der Waals surface area contributed by atoms with E-state index in [4.69, 9.17) is 0 Å². The minimum atomic E-state index is -4.75. The van der Waals surface area contributed by atoms with Crippen molar-refractivity contribution >= 4 is 57.1 Å². The number of ether oxygens (including phenoxy) is 1. The molecule has 0 aliphatic carbocycles. The van der Waals surface area contributed by atoms with E-state index in [0.29, 0.717) is 20.0 Å². The summed E-state index contributed by atoms with van der Waals surface area (Å²) >= 11 is 3.53. The number of benzene rings is 1. The summed E-state index contributed by atoms with van der Waals surface area (Å²) < 4.78 is 40.8. The zero-order valence-corrected chi connectivity index (χ0v) is 17.2. The highest BCUT2D eigenvalue weighted by atomic mass is 32.2. The summed E-state index contributed by atoms with van der Waals surface area (Å²) in [7, 11) is 0. The lowest BCUT2D eigenvalue weighted by Crippen LogP contribution is -2.42. The summed E-state index contributed by atoms with van der Waals surface area (Å²) in [4.78, 5) is 24.0. The van der Waals surface area contributed by atoms with Crippen LogP contribution in [-0.4, -0.2) is 34.1 Å². The molecule has 0 aliphatic heterocycles. The second-order valence-electron chi connectivity index (χ2n) is 5.34. The van der Waals surface area contributed by atoms with Crippen LogP contribution in [0.3, 0.4) is 0 Å². The van der Waals surface area contributed by atoms with E-state index in [1.165, 1.54) is 35.6 Å². The number of nitrogens with zero attached hydrogens (tertiary/aromatic N) is 2. The first-order valence-corrected chi connectivity index (χ1v) is 10.7. The second kappa shape index (κ2) is 9.77. The Balaban J connectivity index is 1.43. The highest BCUT2D eigenvalue weighted by Gasteiger charge is 2.30. The smallest absolute Gasteiger partial charge is 0.406 e. The lowest BCUT2D eigenvalue weighted by molar-refractivity contribution is -0.274. The molecule has 0 unspecified atom stereocenters. The fourth-order valence-corrected chi connectivity index (χ4v) is 4.13. The number of rotatable bonds is 7. The Morgan fingerprint density at radius 2 is 1.87 bits per heavy atom. The first-order chi connectivity index (χ1) is 14.3. The summed E-state index contributed by atoms with van der Waals surface area (Å²) in [6, 6.07) is 8.50. The van der Waals surface area contributed by atoms with Crippen LogP contribution in [0.1, 0.15) is 9.67 Å². The van der Waals surface area contributed by atoms with Crippen molar-refractivity contribution in [3.05, 3.63) is 46.7 Å². The van der Waals surface area contributed by atoms with Crippen LogP contribution in [0.2, 0.25) is 0 Å². The fraction of sp³-hybridized carbons (Fsp3) is 0.125. The Morgan fingerprint density at radius 1 is 1.10 bits per heavy atom. The number of alkyl halides is 3. The number of aromatic nitrogens is 2. The monoisotopic (exact) mass is 475 g/mol. The van der Waals surface area contributed by atoms with Gasteiger partial charge in [-0.05, 0) is 35.7 Å². The molecule has 14 heteroatoms. The molecular formula is C16H12F3N5O3S3. The Hall–Kier alpha value is -2.84. The number of hydrogen-bond donors (Lipinski definition) is 3. The fourth-order valence-electron chi connectivity index (χ4n) is 1.94. The van der Waals surface area contributed by atoms with Gasteiger partial charge in [0.2, 0.25) is 11.0 Å². The van der Waals surface area contributed by atoms with Crippen molar-refractivity contribution in [2.24, 2.45) is 0 Å². The molecule has 3 N–H and O–H groups in total. The van der Waals surface area contributed by atoms with Crippen LogP contribution < -0.4 is 20.9 Å². The number of carbonyl (C=O) groups is 2. The minimum absolute atomic E-state index is 0.00281. The number of hydrogen-bond acceptors (Lipinski definition) is 9. The summed E-state index contributed by atoms with van der Waals surface area (Å²) in [6.45, 7) is 0. The predicted molar refractivity (Wildman–Crippen MR) is 107 cm³/mol. The molecule has 3 rings (SSSR count). The molecular weight excluding hydrogens is 463 g/mol. The zero-order chi connectivity index (χ0) is 21.6. The van der Waals surface area contributed by atoms with Crippen LogP contribution >= 0.6 is 34.4 Å². The van der Waals surface area contributed by atoms with Gasteiger partial charge in [-0.3, -0.25) is 20.4 Å². The van der Waals surface area contributed by atoms with E-state index in [0.717, 1.165) is 23.1 Å². The molecule has 30 heavy (non-hydrogen) atoms. The van der Waals surface area contributed by atoms with E-state index in [2.05, 4.69) is 31.1 Å². The van der Waals surface area contributed by atoms with Gasteiger partial charge in [0.1, 0.15) is 5.75 Å². The van der Waals surface area contributed by atoms with E-state index in [1.54, 1.807) is 17.5 Å². The number of anilines is 2. The maximum atomic E-state index is 12.2. The maximum absolute atomic E-state index is 12.2. The van der Waals surface area contributed by atoms with E-state index in [9.17, 15) is 22.8 Å². The van der Waals surface area contributed by atoms with Gasteiger partial charge in [-0.1, -0.05) is 29.2 Å². The van der Waals surface area contributed by atoms with Crippen molar-refractivity contribution < 1.29 is 27.5 Å². The van der Waals surface area contributed by atoms with Crippen molar-refractivity contribution in [1.29, 1.82) is 0 Å². The number of nitrogens with one attached hydrogen (secondary N) is 3. The first kappa shape index (κ1) is 21.9. The van der Waals surface area contributed by atoms with Crippen molar-refractivity contribution in [2.45, 2.75) is 10.7 Å². The van der Waals surface area contributed by atoms with Gasteiger partial charge >= 0.3 is 6.36 Å². The van der Waals surface area contributed by atoms with Crippen LogP contribution in [0.4, 0.5) is 24.0 Å². The number of hydrazine groups is 1. The van der Waals surface area contributed by atoms with Crippen LogP contribution in [0.15, 0.2) is 46.1 Å². The molecule has 158 valence electrons.